The van der Waals surface area contributed by atoms with Crippen LogP contribution in [-0.4, -0.2) is 21.0 Å². The number of pyridine rings is 1. The number of aromatic carboxylic acids is 1. The number of anilines is 2. The van der Waals surface area contributed by atoms with E-state index in [1.54, 1.807) is 12.4 Å². The molecule has 0 saturated carbocycles. The number of nitrogens with zero attached hydrogens (tertiary/aromatic N) is 2. The van der Waals surface area contributed by atoms with Gasteiger partial charge in [0.15, 0.2) is 0 Å². The van der Waals surface area contributed by atoms with Gasteiger partial charge in [-0.25, -0.2) is 4.79 Å². The second-order valence-corrected chi connectivity index (χ2v) is 4.17. The van der Waals surface area contributed by atoms with Gasteiger partial charge in [-0.3, -0.25) is 15.1 Å². The predicted octanol–water partition coefficient (Wildman–Crippen LogP) is 2.74. The van der Waals surface area contributed by atoms with Crippen LogP contribution in [0.2, 0.25) is 0 Å². The number of nitrogens with one attached hydrogen (secondary N) is 1. The molecule has 20 heavy (non-hydrogen) atoms. The summed E-state index contributed by atoms with van der Waals surface area (Å²) in [7, 11) is 0. The number of rotatable bonds is 4. The SMILES string of the molecule is Cc1cncc(Nc2ccc([N+](=O)[O-])c(C(=O)O)c2)c1. The number of carbonyl (C=O) groups is 1. The highest BCUT2D eigenvalue weighted by Crippen LogP contribution is 2.25. The maximum atomic E-state index is 11.0. The molecule has 0 bridgehead atoms. The Hall–Kier alpha value is -2.96. The Balaban J connectivity index is 2.36. The van der Waals surface area contributed by atoms with E-state index in [4.69, 9.17) is 5.11 Å². The van der Waals surface area contributed by atoms with E-state index >= 15 is 0 Å². The third kappa shape index (κ3) is 2.89. The molecule has 2 aromatic rings. The van der Waals surface area contributed by atoms with Crippen molar-refractivity contribution < 1.29 is 14.8 Å². The lowest BCUT2D eigenvalue weighted by atomic mass is 10.1. The van der Waals surface area contributed by atoms with E-state index in [1.165, 1.54) is 12.1 Å². The van der Waals surface area contributed by atoms with Crippen LogP contribution in [0.25, 0.3) is 0 Å². The van der Waals surface area contributed by atoms with E-state index in [9.17, 15) is 14.9 Å². The van der Waals surface area contributed by atoms with E-state index in [0.717, 1.165) is 11.6 Å². The minimum Gasteiger partial charge on any atom is -0.477 e. The minimum atomic E-state index is -1.34. The Morgan fingerprint density at radius 1 is 1.30 bits per heavy atom. The molecule has 0 unspecified atom stereocenters. The largest absolute Gasteiger partial charge is 0.477 e. The Labute approximate surface area is 114 Å². The van der Waals surface area contributed by atoms with Gasteiger partial charge < -0.3 is 10.4 Å². The van der Waals surface area contributed by atoms with E-state index in [-0.39, 0.29) is 5.56 Å². The standard InChI is InChI=1S/C13H11N3O4/c1-8-4-10(7-14-6-8)15-9-2-3-12(16(19)20)11(5-9)13(17)18/h2-7,15H,1H3,(H,17,18). The summed E-state index contributed by atoms with van der Waals surface area (Å²) in [6, 6.07) is 5.67. The number of benzene rings is 1. The van der Waals surface area contributed by atoms with Crippen LogP contribution < -0.4 is 5.32 Å². The van der Waals surface area contributed by atoms with Crippen LogP contribution in [0.5, 0.6) is 0 Å². The highest BCUT2D eigenvalue weighted by Gasteiger charge is 2.19. The second kappa shape index (κ2) is 5.35. The van der Waals surface area contributed by atoms with Crippen molar-refractivity contribution in [1.82, 2.24) is 4.98 Å². The van der Waals surface area contributed by atoms with Crippen molar-refractivity contribution in [3.05, 3.63) is 57.9 Å². The number of carboxylic acid groups (broad SMARTS) is 1. The topological polar surface area (TPSA) is 105 Å². The van der Waals surface area contributed by atoms with Crippen molar-refractivity contribution in [1.29, 1.82) is 0 Å². The van der Waals surface area contributed by atoms with Gasteiger partial charge in [-0.1, -0.05) is 0 Å². The van der Waals surface area contributed by atoms with Gasteiger partial charge in [0.1, 0.15) is 5.56 Å². The number of nitro benzene ring substituents is 1. The summed E-state index contributed by atoms with van der Waals surface area (Å²) in [4.78, 5) is 25.1. The molecule has 2 N–H and O–H groups in total. The third-order valence-corrected chi connectivity index (χ3v) is 2.59. The molecule has 7 heteroatoms. The van der Waals surface area contributed by atoms with Gasteiger partial charge in [0.05, 0.1) is 16.8 Å². The molecule has 1 heterocycles. The summed E-state index contributed by atoms with van der Waals surface area (Å²) in [6.45, 7) is 1.87. The molecule has 0 aliphatic carbocycles. The van der Waals surface area contributed by atoms with Crippen molar-refractivity contribution in [3.63, 3.8) is 0 Å². The fraction of sp³-hybridized carbons (Fsp3) is 0.0769. The van der Waals surface area contributed by atoms with Gasteiger partial charge in [0.25, 0.3) is 5.69 Å². The average Bonchev–Trinajstić information content (AvgIpc) is 2.38. The Morgan fingerprint density at radius 2 is 2.05 bits per heavy atom. The second-order valence-electron chi connectivity index (χ2n) is 4.17. The predicted molar refractivity (Wildman–Crippen MR) is 72.3 cm³/mol. The van der Waals surface area contributed by atoms with Crippen molar-refractivity contribution in [3.8, 4) is 0 Å². The molecule has 0 radical (unpaired) electrons. The van der Waals surface area contributed by atoms with Crippen molar-refractivity contribution in [2.45, 2.75) is 6.92 Å². The summed E-state index contributed by atoms with van der Waals surface area (Å²) in [5.41, 5.74) is 1.26. The molecule has 0 spiro atoms. The molecule has 1 aromatic heterocycles. The lowest BCUT2D eigenvalue weighted by molar-refractivity contribution is -0.385. The number of aromatic nitrogens is 1. The fourth-order valence-corrected chi connectivity index (χ4v) is 1.73. The zero-order valence-corrected chi connectivity index (χ0v) is 10.5. The molecule has 102 valence electrons. The third-order valence-electron chi connectivity index (χ3n) is 2.59. The number of aryl methyl sites for hydroxylation is 1. The van der Waals surface area contributed by atoms with Crippen molar-refractivity contribution in [2.24, 2.45) is 0 Å². The first kappa shape index (κ1) is 13.5. The van der Waals surface area contributed by atoms with Crippen molar-refractivity contribution in [2.75, 3.05) is 5.32 Å². The van der Waals surface area contributed by atoms with Gasteiger partial charge in [-0.15, -0.1) is 0 Å². The first-order valence-electron chi connectivity index (χ1n) is 5.68. The number of carboxylic acids is 1. The smallest absolute Gasteiger partial charge is 0.342 e. The van der Waals surface area contributed by atoms with Crippen molar-refractivity contribution >= 4 is 23.0 Å². The van der Waals surface area contributed by atoms with Gasteiger partial charge >= 0.3 is 5.97 Å². The minimum absolute atomic E-state index is 0.361. The van der Waals surface area contributed by atoms with Gasteiger partial charge in [-0.2, -0.15) is 0 Å². The molecule has 0 atom stereocenters. The maximum Gasteiger partial charge on any atom is 0.342 e. The molecule has 0 amide bonds. The summed E-state index contributed by atoms with van der Waals surface area (Å²) in [6.07, 6.45) is 3.26. The number of hydrogen-bond acceptors (Lipinski definition) is 5. The summed E-state index contributed by atoms with van der Waals surface area (Å²) in [5, 5.41) is 22.7. The summed E-state index contributed by atoms with van der Waals surface area (Å²) in [5.74, 6) is -1.34. The molecule has 7 nitrogen and oxygen atoms in total. The lowest BCUT2D eigenvalue weighted by Gasteiger charge is -2.07. The van der Waals surface area contributed by atoms with Crippen LogP contribution in [0, 0.1) is 17.0 Å². The van der Waals surface area contributed by atoms with E-state index < -0.39 is 16.6 Å². The Bertz CT molecular complexity index is 685. The molecule has 0 saturated heterocycles. The van der Waals surface area contributed by atoms with Crippen LogP contribution in [-0.2, 0) is 0 Å². The zero-order valence-electron chi connectivity index (χ0n) is 10.5. The number of hydrogen-bond donors (Lipinski definition) is 2. The lowest BCUT2D eigenvalue weighted by Crippen LogP contribution is -2.03. The number of nitro groups is 1. The van der Waals surface area contributed by atoms with Crippen LogP contribution in [0.15, 0.2) is 36.7 Å². The molecular formula is C13H11N3O4. The van der Waals surface area contributed by atoms with Crippen LogP contribution in [0.3, 0.4) is 0 Å². The summed E-state index contributed by atoms with van der Waals surface area (Å²) < 4.78 is 0. The molecule has 1 aromatic carbocycles. The van der Waals surface area contributed by atoms with Crippen LogP contribution >= 0.6 is 0 Å². The molecular weight excluding hydrogens is 262 g/mol. The molecule has 0 aliphatic heterocycles. The van der Waals surface area contributed by atoms with E-state index in [2.05, 4.69) is 10.3 Å². The van der Waals surface area contributed by atoms with Gasteiger partial charge in [0, 0.05) is 18.0 Å². The van der Waals surface area contributed by atoms with Crippen LogP contribution in [0.4, 0.5) is 17.1 Å². The molecule has 0 aliphatic rings. The fourth-order valence-electron chi connectivity index (χ4n) is 1.73. The highest BCUT2D eigenvalue weighted by molar-refractivity contribution is 5.93. The first-order valence-corrected chi connectivity index (χ1v) is 5.68. The van der Waals surface area contributed by atoms with Crippen LogP contribution in [0.1, 0.15) is 15.9 Å². The maximum absolute atomic E-state index is 11.0. The monoisotopic (exact) mass is 273 g/mol. The molecule has 0 fully saturated rings. The first-order chi connectivity index (χ1) is 9.47. The van der Waals surface area contributed by atoms with E-state index in [0.29, 0.717) is 11.4 Å². The molecule has 2 rings (SSSR count). The van der Waals surface area contributed by atoms with Gasteiger partial charge in [-0.05, 0) is 30.7 Å². The Morgan fingerprint density at radius 3 is 2.65 bits per heavy atom. The summed E-state index contributed by atoms with van der Waals surface area (Å²) >= 11 is 0. The average molecular weight is 273 g/mol. The zero-order chi connectivity index (χ0) is 14.7. The van der Waals surface area contributed by atoms with E-state index in [1.807, 2.05) is 13.0 Å². The normalized spacial score (nSPS) is 10.1. The highest BCUT2D eigenvalue weighted by atomic mass is 16.6. The van der Waals surface area contributed by atoms with Gasteiger partial charge in [0.2, 0.25) is 0 Å². The Kier molecular flexibility index (Phi) is 3.60. The quantitative estimate of drug-likeness (QED) is 0.655.